The Hall–Kier alpha value is -8.60. The van der Waals surface area contributed by atoms with E-state index < -0.39 is 19.1 Å². The minimum absolute atomic E-state index is 0. The quantitative estimate of drug-likeness (QED) is 0.0317. The monoisotopic (exact) mass is 1740 g/mol. The molecule has 23 nitrogen and oxygen atoms in total. The fourth-order valence-electron chi connectivity index (χ4n) is 9.34. The molecule has 0 saturated carbocycles. The molecule has 13 aromatic rings. The van der Waals surface area contributed by atoms with Crippen LogP contribution in [0.2, 0.25) is 0 Å². The van der Waals surface area contributed by atoms with Crippen molar-refractivity contribution in [1.82, 2.24) is 59.0 Å². The van der Waals surface area contributed by atoms with Gasteiger partial charge in [-0.1, -0.05) is 100 Å². The first kappa shape index (κ1) is 92.6. The zero-order valence-corrected chi connectivity index (χ0v) is 65.8. The van der Waals surface area contributed by atoms with Crippen molar-refractivity contribution in [3.8, 4) is 11.3 Å². The number of carbonyl (C=O) groups excluding carboxylic acids is 5. The minimum atomic E-state index is -0.776. The van der Waals surface area contributed by atoms with Gasteiger partial charge in [0.25, 0.3) is 0 Å². The van der Waals surface area contributed by atoms with E-state index in [4.69, 9.17) is 58.7 Å². The van der Waals surface area contributed by atoms with Crippen LogP contribution >= 0.6 is 82.6 Å². The average molecular weight is 1750 g/mol. The van der Waals surface area contributed by atoms with Gasteiger partial charge in [0.1, 0.15) is 17.6 Å². The van der Waals surface area contributed by atoms with Gasteiger partial charge in [-0.05, 0) is 116 Å². The molecule has 4 aromatic carbocycles. The van der Waals surface area contributed by atoms with Crippen molar-refractivity contribution in [2.75, 3.05) is 23.4 Å². The van der Waals surface area contributed by atoms with Gasteiger partial charge in [-0.3, -0.25) is 38.9 Å². The maximum atomic E-state index is 12.2. The van der Waals surface area contributed by atoms with Crippen molar-refractivity contribution >= 4 is 174 Å². The topological polar surface area (TPSA) is 307 Å². The number of rotatable bonds is 15. The van der Waals surface area contributed by atoms with Crippen LogP contribution in [0.5, 0.6) is 0 Å². The second-order valence-corrected chi connectivity index (χ2v) is 27.0. The maximum Gasteiger partial charge on any atom is 0.534 e. The van der Waals surface area contributed by atoms with E-state index in [1.165, 1.54) is 0 Å². The van der Waals surface area contributed by atoms with Crippen LogP contribution in [0.3, 0.4) is 0 Å². The first-order valence-corrected chi connectivity index (χ1v) is 35.1. The van der Waals surface area contributed by atoms with E-state index in [0.717, 1.165) is 84.9 Å². The Morgan fingerprint density at radius 2 is 0.935 bits per heavy atom. The number of oxazole rings is 2. The van der Waals surface area contributed by atoms with Gasteiger partial charge >= 0.3 is 19.1 Å². The van der Waals surface area contributed by atoms with Gasteiger partial charge in [-0.2, -0.15) is 0 Å². The maximum absolute atomic E-state index is 12.2. The number of fused-ring (bicyclic) bond motifs is 4. The molecule has 0 atom stereocenters. The Balaban J connectivity index is 0.000000333. The van der Waals surface area contributed by atoms with Gasteiger partial charge in [0, 0.05) is 158 Å². The fourth-order valence-corrected chi connectivity index (χ4v) is 10.7. The number of ether oxygens (including phenoxy) is 1. The van der Waals surface area contributed by atoms with Gasteiger partial charge < -0.3 is 50.2 Å². The van der Waals surface area contributed by atoms with Crippen LogP contribution in [0.1, 0.15) is 78.8 Å². The SMILES string of the molecule is C.C.C.Cc1ncc(-c2ccc3cnc(CC(=O)Cn4ccnc4)cc3c2)o1.Cc1ncc(B2OC(C)(C)C(C)(C)O2)o1.Nc1cc2cc(Br)ccc2cn1.O=C(CCl)Cc1cc2cc(Br)ccc2cn1.O=C(CCl)OC(=O)CCl.O=C(Cc1cc2cc(Br)ccc2cn1)Cn1ccnc1.[CH3-].[V].c1c[nH]cn1. The van der Waals surface area contributed by atoms with E-state index >= 15 is 0 Å². The van der Waals surface area contributed by atoms with Crippen molar-refractivity contribution in [2.24, 2.45) is 0 Å². The Morgan fingerprint density at radius 1 is 0.514 bits per heavy atom. The van der Waals surface area contributed by atoms with E-state index in [9.17, 15) is 24.0 Å². The number of pyridine rings is 4. The number of aromatic amines is 1. The predicted molar refractivity (Wildman–Crippen MR) is 431 cm³/mol. The number of hydrogen-bond donors (Lipinski definition) is 2. The Bertz CT molecular complexity index is 4860. The molecule has 107 heavy (non-hydrogen) atoms. The zero-order valence-electron chi connectivity index (χ0n) is 57.4. The second-order valence-electron chi connectivity index (χ2n) is 23.4. The van der Waals surface area contributed by atoms with Crippen LogP contribution in [0.25, 0.3) is 54.4 Å². The molecule has 14 rings (SSSR count). The Labute approximate surface area is 674 Å². The van der Waals surface area contributed by atoms with Crippen molar-refractivity contribution < 1.29 is 65.4 Å². The molecule has 1 aliphatic rings. The number of aromatic nitrogens is 12. The van der Waals surface area contributed by atoms with E-state index in [1.54, 1.807) is 103 Å². The predicted octanol–water partition coefficient (Wildman–Crippen LogP) is 16.7. The molecular formula is C76H83BBr3Cl3N13O10V-. The number of esters is 2. The average Bonchev–Trinajstić information content (AvgIpc) is 1.63. The summed E-state index contributed by atoms with van der Waals surface area (Å²) in [5.41, 5.74) is 8.77. The number of Topliss-reactive ketones (excluding diaryl/α,β-unsaturated/α-hetero) is 3. The summed E-state index contributed by atoms with van der Waals surface area (Å²) < 4.78 is 33.2. The van der Waals surface area contributed by atoms with Gasteiger partial charge in [0.05, 0.1) is 74.4 Å². The molecule has 1 radical (unpaired) electrons. The van der Waals surface area contributed by atoms with Crippen molar-refractivity contribution in [1.29, 1.82) is 0 Å². The number of benzene rings is 4. The molecule has 3 N–H and O–H groups in total. The largest absolute Gasteiger partial charge is 0.534 e. The van der Waals surface area contributed by atoms with E-state index in [2.05, 4.69) is 102 Å². The first-order chi connectivity index (χ1) is 48.8. The molecule has 563 valence electrons. The number of nitrogens with two attached hydrogens (primary N) is 1. The number of nitrogens with zero attached hydrogens (tertiary/aromatic N) is 11. The summed E-state index contributed by atoms with van der Waals surface area (Å²) in [7, 11) is -0.448. The number of nitrogen functional groups attached to an aromatic ring is 1. The number of ketones is 3. The van der Waals surface area contributed by atoms with Crippen LogP contribution in [-0.2, 0) is 88.9 Å². The van der Waals surface area contributed by atoms with E-state index in [0.29, 0.717) is 55.6 Å². The summed E-state index contributed by atoms with van der Waals surface area (Å²) in [5.74, 6) is 0.568. The number of anilines is 1. The van der Waals surface area contributed by atoms with Crippen molar-refractivity contribution in [3.05, 3.63) is 240 Å². The molecule has 31 heteroatoms. The van der Waals surface area contributed by atoms with Gasteiger partial charge in [-0.15, -0.1) is 34.8 Å². The van der Waals surface area contributed by atoms with Crippen LogP contribution in [0, 0.1) is 21.3 Å². The number of alkyl halides is 3. The van der Waals surface area contributed by atoms with Crippen LogP contribution in [0.15, 0.2) is 213 Å². The smallest absolute Gasteiger partial charge is 0.450 e. The van der Waals surface area contributed by atoms with Crippen LogP contribution in [-0.4, -0.2) is 124 Å². The normalized spacial score (nSPS) is 11.8. The molecule has 0 bridgehead atoms. The Kier molecular flexibility index (Phi) is 39.2. The summed E-state index contributed by atoms with van der Waals surface area (Å²) in [5, 5.41) is 8.54. The summed E-state index contributed by atoms with van der Waals surface area (Å²) in [6.07, 6.45) is 26.7. The molecule has 0 spiro atoms. The third-order valence-electron chi connectivity index (χ3n) is 15.0. The van der Waals surface area contributed by atoms with Gasteiger partial charge in [0.2, 0.25) is 0 Å². The Morgan fingerprint density at radius 3 is 1.31 bits per heavy atom. The van der Waals surface area contributed by atoms with Gasteiger partial charge in [0.15, 0.2) is 40.6 Å². The summed E-state index contributed by atoms with van der Waals surface area (Å²) >= 11 is 25.7. The summed E-state index contributed by atoms with van der Waals surface area (Å²) in [6, 6.07) is 31.7. The second kappa shape index (κ2) is 45.3. The molecule has 0 aliphatic carbocycles. The number of carbonyl (C=O) groups is 5. The fraction of sp³-hybridized carbons (Fsp3) is 0.250. The molecule has 1 aliphatic heterocycles. The molecular weight excluding hydrogens is 1660 g/mol. The number of hydrogen-bond acceptors (Lipinski definition) is 20. The molecule has 10 heterocycles. The number of H-pyrrole nitrogens is 1. The minimum Gasteiger partial charge on any atom is -0.450 e. The third kappa shape index (κ3) is 29.5. The van der Waals surface area contributed by atoms with Crippen LogP contribution < -0.4 is 11.4 Å². The number of nitrogens with one attached hydrogen (secondary N) is 1. The third-order valence-corrected chi connectivity index (χ3v) is 17.2. The van der Waals surface area contributed by atoms with Crippen molar-refractivity contribution in [3.63, 3.8) is 0 Å². The molecule has 0 unspecified atom stereocenters. The molecule has 1 fully saturated rings. The molecule has 1 saturated heterocycles. The zero-order chi connectivity index (χ0) is 73.3. The molecule has 9 aromatic heterocycles. The first-order valence-electron chi connectivity index (χ1n) is 31.1. The van der Waals surface area contributed by atoms with Crippen molar-refractivity contribution in [2.45, 2.75) is 107 Å². The summed E-state index contributed by atoms with van der Waals surface area (Å²) in [4.78, 5) is 95.1. The van der Waals surface area contributed by atoms with Crippen LogP contribution in [0.4, 0.5) is 5.82 Å². The summed E-state index contributed by atoms with van der Waals surface area (Å²) in [6.45, 7) is 12.3. The standard InChI is InChI=1S/C19H16N4O2.C15H12BrN3O.C12H9BrClNO.C10H16BNO3.C9H7BrN2.C4H4Cl2O3.C3H4N2.3CH4.CH3.V/c1-13-21-10-19(25-13)14-2-3-15-9-22-17(7-16(15)6-14)8-18(24)11-23-5-4-20-12-23;16-13-2-1-11-8-18-14(6-12(11)5-13)7-15(20)9-19-4-3-17-10-19;13-10-2-1-8-7-15-11(4-9(8)3-10)5-12(16)6-14;1-7-12-6-8(13-7)11-14-9(2,3)10(4,5)15-11;10-8-2-1-6-5-12-9(11)4-7(6)3-8;5-1-3(7)9-4(8)2-6;1-2-5-3-4-1;;;;;/h2-7,9-10,12H,8,11H2,1H3;1-6,8,10H,7,9H2;1-4,7H,5-6H2;6H,1-5H3;1-5H,(H2,11,12);1-2H2;1-3H,(H,4,5);3*1H4;1H3;/q;;;;;;;;;;-1;. The van der Waals surface area contributed by atoms with E-state index in [-0.39, 0.29) is 94.5 Å². The number of imidazole rings is 3. The number of aryl methyl sites for hydroxylation is 2. The van der Waals surface area contributed by atoms with E-state index in [1.807, 2.05) is 138 Å². The molecule has 0 amide bonds. The number of halogens is 6. The van der Waals surface area contributed by atoms with Gasteiger partial charge in [-0.25, -0.2) is 29.9 Å².